The Bertz CT molecular complexity index is 1280. The quantitative estimate of drug-likeness (QED) is 0.175. The summed E-state index contributed by atoms with van der Waals surface area (Å²) in [6.07, 6.45) is 0. The van der Waals surface area contributed by atoms with Gasteiger partial charge in [-0.3, -0.25) is 4.79 Å². The number of phenols is 1. The lowest BCUT2D eigenvalue weighted by Crippen LogP contribution is -2.05. The maximum absolute atomic E-state index is 11.9. The summed E-state index contributed by atoms with van der Waals surface area (Å²) in [5.74, 6) is -0.478. The second kappa shape index (κ2) is 10.1. The summed E-state index contributed by atoms with van der Waals surface area (Å²) in [4.78, 5) is 11.7. The van der Waals surface area contributed by atoms with Crippen molar-refractivity contribution in [2.45, 2.75) is 23.6 Å². The van der Waals surface area contributed by atoms with E-state index in [0.717, 1.165) is 0 Å². The third-order valence-corrected chi connectivity index (χ3v) is 6.74. The summed E-state index contributed by atoms with van der Waals surface area (Å²) in [7, 11) is -3.34. The Morgan fingerprint density at radius 3 is 2.47 bits per heavy atom. The van der Waals surface area contributed by atoms with E-state index in [4.69, 9.17) is 5.26 Å². The summed E-state index contributed by atoms with van der Waals surface area (Å²) in [6.45, 7) is 2.94. The van der Waals surface area contributed by atoms with E-state index in [1.165, 1.54) is 31.2 Å². The molecular weight excluding hydrogens is 458 g/mol. The highest BCUT2D eigenvalue weighted by Crippen LogP contribution is 2.44. The highest BCUT2D eigenvalue weighted by molar-refractivity contribution is 7.94. The summed E-state index contributed by atoms with van der Waals surface area (Å²) in [5.41, 5.74) is 0.920. The number of azo groups is 1. The molecule has 0 radical (unpaired) electrons. The fourth-order valence-corrected chi connectivity index (χ4v) is 4.22. The normalized spacial score (nSPS) is 11.8. The molecule has 0 aromatic heterocycles. The number of sulfone groups is 1. The van der Waals surface area contributed by atoms with Crippen molar-refractivity contribution in [2.24, 2.45) is 10.2 Å². The van der Waals surface area contributed by atoms with Gasteiger partial charge in [0.2, 0.25) is 5.91 Å². The zero-order valence-corrected chi connectivity index (χ0v) is 18.6. The van der Waals surface area contributed by atoms with E-state index in [9.17, 15) is 18.3 Å². The average Bonchev–Trinajstić information content (AvgIpc) is 2.77. The number of phenolic OH excluding ortho intramolecular Hbond substituents is 1. The van der Waals surface area contributed by atoms with Gasteiger partial charge in [-0.1, -0.05) is 12.0 Å². The van der Waals surface area contributed by atoms with Gasteiger partial charge in [0.05, 0.1) is 33.3 Å². The van der Waals surface area contributed by atoms with Crippen LogP contribution in [0.2, 0.25) is 0 Å². The summed E-state index contributed by atoms with van der Waals surface area (Å²) in [5, 5.41) is 34.7. The lowest BCUT2D eigenvalue weighted by Gasteiger charge is -2.10. The Hall–Kier alpha value is -3.03. The van der Waals surface area contributed by atoms with Gasteiger partial charge in [-0.15, -0.1) is 9.45 Å². The maximum Gasteiger partial charge on any atom is 0.221 e. The number of hydrogen-bond donors (Lipinski definition) is 3. The zero-order chi connectivity index (χ0) is 23.3. The van der Waals surface area contributed by atoms with Crippen molar-refractivity contribution in [3.8, 4) is 5.75 Å². The van der Waals surface area contributed by atoms with E-state index < -0.39 is 9.84 Å². The number of anilines is 1. The lowest BCUT2D eigenvalue weighted by molar-refractivity contribution is -0.432. The minimum absolute atomic E-state index is 0.0179. The Labute approximate surface area is 187 Å². The van der Waals surface area contributed by atoms with Crippen molar-refractivity contribution in [1.29, 1.82) is 0 Å². The van der Waals surface area contributed by atoms with Gasteiger partial charge in [-0.25, -0.2) is 13.7 Å². The van der Waals surface area contributed by atoms with Gasteiger partial charge in [-0.2, -0.15) is 5.11 Å². The highest BCUT2D eigenvalue weighted by atomic mass is 32.2. The molecule has 3 rings (SSSR count). The average molecular weight is 478 g/mol. The Morgan fingerprint density at radius 1 is 1.12 bits per heavy atom. The van der Waals surface area contributed by atoms with Crippen LogP contribution >= 0.6 is 12.0 Å². The number of amides is 1. The molecule has 0 heterocycles. The van der Waals surface area contributed by atoms with E-state index >= 15 is 0 Å². The van der Waals surface area contributed by atoms with Gasteiger partial charge in [0, 0.05) is 18.0 Å². The van der Waals surface area contributed by atoms with E-state index in [1.807, 2.05) is 0 Å². The molecule has 3 aromatic rings. The molecule has 0 bridgehead atoms. The van der Waals surface area contributed by atoms with Gasteiger partial charge >= 0.3 is 0 Å². The van der Waals surface area contributed by atoms with Crippen LogP contribution in [0.4, 0.5) is 17.1 Å². The minimum Gasteiger partial charge on any atom is -0.505 e. The molecule has 3 aromatic carbocycles. The first-order valence-electron chi connectivity index (χ1n) is 9.21. The molecule has 0 aliphatic heterocycles. The molecule has 1 amide bonds. The predicted octanol–water partition coefficient (Wildman–Crippen LogP) is 5.14. The van der Waals surface area contributed by atoms with Crippen molar-refractivity contribution in [2.75, 3.05) is 11.1 Å². The van der Waals surface area contributed by atoms with Crippen LogP contribution in [0.1, 0.15) is 13.8 Å². The van der Waals surface area contributed by atoms with Crippen LogP contribution in [0.3, 0.4) is 0 Å². The Morgan fingerprint density at radius 2 is 1.84 bits per heavy atom. The second-order valence-electron chi connectivity index (χ2n) is 6.51. The van der Waals surface area contributed by atoms with Crippen LogP contribution in [0, 0.1) is 0 Å². The van der Waals surface area contributed by atoms with E-state index in [2.05, 4.69) is 24.9 Å². The number of carbonyl (C=O) groups excluding carboxylic acids is 1. The summed E-state index contributed by atoms with van der Waals surface area (Å²) in [6, 6.07) is 12.3. The molecule has 168 valence electrons. The number of nitrogens with zero attached hydrogens (tertiary/aromatic N) is 2. The van der Waals surface area contributed by atoms with Crippen molar-refractivity contribution >= 4 is 55.6 Å². The first kappa shape index (κ1) is 23.6. The first-order chi connectivity index (χ1) is 15.2. The minimum atomic E-state index is -3.34. The molecule has 0 aliphatic carbocycles. The van der Waals surface area contributed by atoms with Crippen molar-refractivity contribution in [1.82, 2.24) is 0 Å². The number of hydrogen-bond acceptors (Lipinski definition) is 10. The molecule has 0 aliphatic rings. The van der Waals surface area contributed by atoms with Gasteiger partial charge < -0.3 is 10.4 Å². The van der Waals surface area contributed by atoms with E-state index in [0.29, 0.717) is 34.2 Å². The van der Waals surface area contributed by atoms with Crippen molar-refractivity contribution in [3.63, 3.8) is 0 Å². The number of benzene rings is 3. The molecule has 3 N–H and O–H groups in total. The number of carbonyl (C=O) groups is 1. The largest absolute Gasteiger partial charge is 0.505 e. The van der Waals surface area contributed by atoms with Crippen LogP contribution in [0.15, 0.2) is 68.6 Å². The molecule has 0 fully saturated rings. The fraction of sp³-hybridized carbons (Fsp3) is 0.150. The van der Waals surface area contributed by atoms with Crippen LogP contribution in [-0.4, -0.2) is 30.4 Å². The summed E-state index contributed by atoms with van der Waals surface area (Å²) < 4.78 is 28.4. The van der Waals surface area contributed by atoms with Crippen molar-refractivity contribution in [3.05, 3.63) is 48.5 Å². The van der Waals surface area contributed by atoms with Gasteiger partial charge in [0.15, 0.2) is 15.6 Å². The van der Waals surface area contributed by atoms with Gasteiger partial charge in [0.25, 0.3) is 0 Å². The molecule has 0 unspecified atom stereocenters. The highest BCUT2D eigenvalue weighted by Gasteiger charge is 2.16. The molecule has 0 saturated heterocycles. The van der Waals surface area contributed by atoms with Gasteiger partial charge in [-0.05, 0) is 53.9 Å². The van der Waals surface area contributed by atoms with Crippen LogP contribution in [-0.2, 0) is 24.0 Å². The molecule has 0 spiro atoms. The van der Waals surface area contributed by atoms with Crippen LogP contribution in [0.25, 0.3) is 10.8 Å². The topological polar surface area (TPSA) is 147 Å². The molecule has 0 saturated carbocycles. The SMILES string of the molecule is CCS(=O)(=O)c1ccc(/N=N/c2c(SOOO)cc3cc(NC(C)=O)ccc3c2O)cc1. The summed E-state index contributed by atoms with van der Waals surface area (Å²) >= 11 is 0.587. The zero-order valence-electron chi connectivity index (χ0n) is 17.0. The third kappa shape index (κ3) is 5.41. The number of fused-ring (bicyclic) bond motifs is 1. The van der Waals surface area contributed by atoms with E-state index in [1.54, 1.807) is 31.2 Å². The molecular formula is C20H19N3O7S2. The second-order valence-corrected chi connectivity index (χ2v) is 9.53. The maximum atomic E-state index is 11.9. The van der Waals surface area contributed by atoms with Crippen molar-refractivity contribution < 1.29 is 32.9 Å². The first-order valence-corrected chi connectivity index (χ1v) is 11.6. The Balaban J connectivity index is 2.01. The van der Waals surface area contributed by atoms with Crippen LogP contribution < -0.4 is 5.32 Å². The molecule has 12 heteroatoms. The lowest BCUT2D eigenvalue weighted by atomic mass is 10.1. The predicted molar refractivity (Wildman–Crippen MR) is 119 cm³/mol. The standard InChI is InChI=1S/C20H19N3O7S2/c1-3-32(27,28)16-7-4-14(5-8-16)22-23-19-18(31-30-29-26)11-13-10-15(21-12(2)24)6-9-17(13)20(19)25/h4-11,25-26H,3H2,1-2H3,(H,21,24)/b23-22+. The van der Waals surface area contributed by atoms with E-state index in [-0.39, 0.29) is 32.9 Å². The number of rotatable bonds is 8. The number of aromatic hydroxyl groups is 1. The third-order valence-electron chi connectivity index (χ3n) is 4.37. The van der Waals surface area contributed by atoms with Gasteiger partial charge in [0.1, 0.15) is 5.69 Å². The Kier molecular flexibility index (Phi) is 7.43. The fourth-order valence-electron chi connectivity index (χ4n) is 2.84. The number of nitrogens with one attached hydrogen (secondary N) is 1. The van der Waals surface area contributed by atoms with Crippen LogP contribution in [0.5, 0.6) is 5.75 Å². The smallest absolute Gasteiger partial charge is 0.221 e. The monoisotopic (exact) mass is 477 g/mol. The molecule has 32 heavy (non-hydrogen) atoms. The molecule has 10 nitrogen and oxygen atoms in total. The molecule has 0 atom stereocenters.